The summed E-state index contributed by atoms with van der Waals surface area (Å²) < 4.78 is 0. The van der Waals surface area contributed by atoms with Crippen molar-refractivity contribution in [1.29, 1.82) is 0 Å². The predicted octanol–water partition coefficient (Wildman–Crippen LogP) is -0.103. The van der Waals surface area contributed by atoms with E-state index in [0.717, 1.165) is 12.2 Å². The van der Waals surface area contributed by atoms with E-state index >= 15 is 0 Å². The van der Waals surface area contributed by atoms with Gasteiger partial charge in [-0.25, -0.2) is 0 Å². The number of carboxylic acid groups (broad SMARTS) is 2. The van der Waals surface area contributed by atoms with Gasteiger partial charge in [0.2, 0.25) is 0 Å². The minimum atomic E-state index is -1.23. The molecular formula is C11H18O4-2. The molecule has 0 unspecified atom stereocenters. The van der Waals surface area contributed by atoms with Crippen molar-refractivity contribution in [2.45, 2.75) is 27.7 Å². The van der Waals surface area contributed by atoms with E-state index < -0.39 is 11.9 Å². The minimum absolute atomic E-state index is 0.500. The van der Waals surface area contributed by atoms with Crippen LogP contribution in [0.25, 0.3) is 0 Å². The minimum Gasteiger partial charge on any atom is -0.545 e. The first kappa shape index (κ1) is 19.1. The molecule has 0 saturated carbocycles. The van der Waals surface area contributed by atoms with E-state index in [4.69, 9.17) is 19.8 Å². The Kier molecular flexibility index (Phi) is 13.3. The smallest absolute Gasteiger partial charge is 0.0636 e. The molecule has 0 atom stereocenters. The summed E-state index contributed by atoms with van der Waals surface area (Å²) in [6, 6.07) is 0. The van der Waals surface area contributed by atoms with Gasteiger partial charge in [0.1, 0.15) is 0 Å². The number of hydrogen-bond donors (Lipinski definition) is 0. The summed E-state index contributed by atoms with van der Waals surface area (Å²) in [5.74, 6) is -2.46. The Labute approximate surface area is 90.9 Å². The Morgan fingerprint density at radius 1 is 0.933 bits per heavy atom. The highest BCUT2D eigenvalue weighted by Crippen LogP contribution is 2.07. The molecule has 0 aliphatic carbocycles. The molecule has 0 amide bonds. The highest BCUT2D eigenvalue weighted by atomic mass is 16.4. The van der Waals surface area contributed by atoms with Gasteiger partial charge in [0.15, 0.2) is 0 Å². The normalized spacial score (nSPS) is 8.27. The van der Waals surface area contributed by atoms with Crippen molar-refractivity contribution in [2.75, 3.05) is 0 Å². The number of aliphatic carboxylic acids is 2. The Hall–Kier alpha value is -1.58. The lowest BCUT2D eigenvalue weighted by molar-refractivity contribution is -0.298. The van der Waals surface area contributed by atoms with E-state index in [1.54, 1.807) is 0 Å². The number of carboxylic acids is 2. The van der Waals surface area contributed by atoms with Crippen LogP contribution in [-0.2, 0) is 9.59 Å². The van der Waals surface area contributed by atoms with Gasteiger partial charge in [0.25, 0.3) is 0 Å². The molecule has 0 aliphatic rings. The quantitative estimate of drug-likeness (QED) is 0.601. The van der Waals surface area contributed by atoms with Crippen molar-refractivity contribution < 1.29 is 19.8 Å². The fraction of sp³-hybridized carbons (Fsp3) is 0.455. The fourth-order valence-corrected chi connectivity index (χ4v) is 0. The number of rotatable bonds is 2. The van der Waals surface area contributed by atoms with E-state index in [1.807, 2.05) is 0 Å². The Balaban J connectivity index is -0.000000144. The molecule has 0 aromatic carbocycles. The Bertz CT molecular complexity index is 187. The molecule has 0 N–H and O–H groups in total. The first-order chi connectivity index (χ1) is 6.54. The van der Waals surface area contributed by atoms with E-state index in [9.17, 15) is 0 Å². The van der Waals surface area contributed by atoms with Crippen LogP contribution in [0.15, 0.2) is 25.3 Å². The molecule has 0 aromatic heterocycles. The van der Waals surface area contributed by atoms with Gasteiger partial charge < -0.3 is 19.8 Å². The van der Waals surface area contributed by atoms with Gasteiger partial charge in [-0.3, -0.25) is 0 Å². The first-order valence-electron chi connectivity index (χ1n) is 4.21. The van der Waals surface area contributed by atoms with Crippen LogP contribution in [0.2, 0.25) is 0 Å². The molecule has 0 aliphatic heterocycles. The van der Waals surface area contributed by atoms with Crippen molar-refractivity contribution >= 4 is 11.9 Å². The molecule has 0 spiro atoms. The summed E-state index contributed by atoms with van der Waals surface area (Å²) in [7, 11) is 0. The molecule has 0 heterocycles. The third-order valence-corrected chi connectivity index (χ3v) is 0.333. The van der Waals surface area contributed by atoms with E-state index in [-0.39, 0.29) is 0 Å². The maximum Gasteiger partial charge on any atom is 0.0636 e. The molecule has 4 heteroatoms. The molecule has 88 valence electrons. The van der Waals surface area contributed by atoms with Crippen molar-refractivity contribution in [1.82, 2.24) is 0 Å². The van der Waals surface area contributed by atoms with Crippen LogP contribution in [0.4, 0.5) is 0 Å². The zero-order chi connectivity index (χ0) is 13.1. The van der Waals surface area contributed by atoms with Gasteiger partial charge in [-0.15, -0.1) is 0 Å². The zero-order valence-electron chi connectivity index (χ0n) is 9.70. The van der Waals surface area contributed by atoms with Gasteiger partial charge in [0.05, 0.1) is 11.9 Å². The maximum absolute atomic E-state index is 9.14. The highest BCUT2D eigenvalue weighted by Gasteiger charge is 1.95. The molecule has 0 fully saturated rings. The van der Waals surface area contributed by atoms with Crippen molar-refractivity contribution in [2.24, 2.45) is 5.41 Å². The van der Waals surface area contributed by atoms with Gasteiger partial charge in [-0.1, -0.05) is 40.9 Å². The summed E-state index contributed by atoms with van der Waals surface area (Å²) in [4.78, 5) is 18.3. The average molecular weight is 214 g/mol. The lowest BCUT2D eigenvalue weighted by atomic mass is 10.0. The van der Waals surface area contributed by atoms with Crippen LogP contribution in [-0.4, -0.2) is 11.9 Å². The van der Waals surface area contributed by atoms with Crippen LogP contribution in [0.5, 0.6) is 0 Å². The first-order valence-corrected chi connectivity index (χ1v) is 4.21. The molecule has 0 rings (SSSR count). The van der Waals surface area contributed by atoms with Crippen LogP contribution in [0.3, 0.4) is 0 Å². The van der Waals surface area contributed by atoms with Crippen LogP contribution in [0, 0.1) is 5.41 Å². The molecule has 0 saturated heterocycles. The molecule has 0 bridgehead atoms. The second-order valence-electron chi connectivity index (χ2n) is 4.05. The van der Waals surface area contributed by atoms with Gasteiger partial charge in [0, 0.05) is 0 Å². The molecule has 0 aromatic rings. The topological polar surface area (TPSA) is 80.3 Å². The van der Waals surface area contributed by atoms with Gasteiger partial charge >= 0.3 is 0 Å². The largest absolute Gasteiger partial charge is 0.545 e. The summed E-state index contributed by atoms with van der Waals surface area (Å²) >= 11 is 0. The number of carbonyl (C=O) groups is 2. The third-order valence-electron chi connectivity index (χ3n) is 0.333. The average Bonchev–Trinajstić information content (AvgIpc) is 2.02. The van der Waals surface area contributed by atoms with E-state index in [1.165, 1.54) is 0 Å². The highest BCUT2D eigenvalue weighted by molar-refractivity contribution is 5.76. The van der Waals surface area contributed by atoms with E-state index in [2.05, 4.69) is 40.9 Å². The summed E-state index contributed by atoms with van der Waals surface area (Å²) in [6.07, 6.45) is 1.44. The lowest BCUT2D eigenvalue weighted by Crippen LogP contribution is -2.17. The summed E-state index contributed by atoms with van der Waals surface area (Å²) in [5, 5.41) is 18.3. The van der Waals surface area contributed by atoms with Crippen LogP contribution in [0.1, 0.15) is 27.7 Å². The lowest BCUT2D eigenvalue weighted by Gasteiger charge is -2.05. The molecular weight excluding hydrogens is 196 g/mol. The van der Waals surface area contributed by atoms with Crippen molar-refractivity contribution in [3.8, 4) is 0 Å². The Morgan fingerprint density at radius 3 is 1.00 bits per heavy atom. The van der Waals surface area contributed by atoms with Gasteiger partial charge in [-0.05, 0) is 17.6 Å². The standard InChI is InChI=1S/C5H12.2C3H4O2/c1-5(2,3)4;2*1-2-3(4)5/h1-4H3;2*2H,1H2,(H,4,5)/p-2. The van der Waals surface area contributed by atoms with Crippen molar-refractivity contribution in [3.63, 3.8) is 0 Å². The molecule has 15 heavy (non-hydrogen) atoms. The second kappa shape index (κ2) is 10.5. The molecule has 0 radical (unpaired) electrons. The third kappa shape index (κ3) is 230. The van der Waals surface area contributed by atoms with Crippen molar-refractivity contribution in [3.05, 3.63) is 25.3 Å². The number of carbonyl (C=O) groups excluding carboxylic acids is 2. The SMILES string of the molecule is C=CC(=O)[O-].C=CC(=O)[O-].CC(C)(C)C. The predicted molar refractivity (Wildman–Crippen MR) is 55.5 cm³/mol. The summed E-state index contributed by atoms with van der Waals surface area (Å²) in [6.45, 7) is 14.5. The van der Waals surface area contributed by atoms with Gasteiger partial charge in [-0.2, -0.15) is 0 Å². The van der Waals surface area contributed by atoms with Crippen LogP contribution >= 0.6 is 0 Å². The van der Waals surface area contributed by atoms with Crippen LogP contribution < -0.4 is 10.2 Å². The fourth-order valence-electron chi connectivity index (χ4n) is 0. The number of hydrogen-bond acceptors (Lipinski definition) is 4. The molecule has 4 nitrogen and oxygen atoms in total. The second-order valence-corrected chi connectivity index (χ2v) is 4.05. The maximum atomic E-state index is 9.14. The monoisotopic (exact) mass is 214 g/mol. The Morgan fingerprint density at radius 2 is 1.00 bits per heavy atom. The summed E-state index contributed by atoms with van der Waals surface area (Å²) in [5.41, 5.74) is 0.500. The zero-order valence-corrected chi connectivity index (χ0v) is 9.70. The van der Waals surface area contributed by atoms with E-state index in [0.29, 0.717) is 5.41 Å².